The van der Waals surface area contributed by atoms with Crippen LogP contribution >= 0.6 is 11.6 Å². The fraction of sp³-hybridized carbons (Fsp3) is 0.500. The molecule has 1 N–H and O–H groups in total. The van der Waals surface area contributed by atoms with E-state index in [4.69, 9.17) is 25.8 Å². The van der Waals surface area contributed by atoms with Crippen LogP contribution in [0, 0.1) is 0 Å². The van der Waals surface area contributed by atoms with Crippen LogP contribution in [-0.4, -0.2) is 63.3 Å². The molecule has 0 saturated carbocycles. The van der Waals surface area contributed by atoms with Crippen molar-refractivity contribution < 1.29 is 23.8 Å². The van der Waals surface area contributed by atoms with Crippen LogP contribution in [0.1, 0.15) is 17.3 Å². The number of morpholine rings is 1. The van der Waals surface area contributed by atoms with Gasteiger partial charge in [0.25, 0.3) is 5.91 Å². The number of nitrogens with zero attached hydrogens (tertiary/aromatic N) is 1. The molecule has 1 fully saturated rings. The lowest BCUT2D eigenvalue weighted by atomic mass is 10.1. The van der Waals surface area contributed by atoms with Gasteiger partial charge >= 0.3 is 0 Å². The van der Waals surface area contributed by atoms with E-state index in [9.17, 15) is 9.59 Å². The first kappa shape index (κ1) is 18.4. The summed E-state index contributed by atoms with van der Waals surface area (Å²) in [5, 5.41) is 2.94. The maximum absolute atomic E-state index is 12.4. The minimum absolute atomic E-state index is 0.141. The summed E-state index contributed by atoms with van der Waals surface area (Å²) in [5.74, 6) is 0.153. The number of hydrogen-bond donors (Lipinski definition) is 1. The molecule has 7 nitrogen and oxygen atoms in total. The van der Waals surface area contributed by atoms with Crippen molar-refractivity contribution in [3.63, 3.8) is 0 Å². The number of benzene rings is 1. The lowest BCUT2D eigenvalue weighted by Crippen LogP contribution is -2.50. The second kappa shape index (κ2) is 8.21. The Morgan fingerprint density at radius 1 is 1.25 bits per heavy atom. The number of ether oxygens (including phenoxy) is 3. The van der Waals surface area contributed by atoms with E-state index in [0.717, 1.165) is 0 Å². The van der Waals surface area contributed by atoms with Gasteiger partial charge in [0.05, 0.1) is 32.5 Å². The monoisotopic (exact) mass is 356 g/mol. The molecule has 1 aromatic rings. The Bertz CT molecular complexity index is 617. The highest BCUT2D eigenvalue weighted by molar-refractivity contribution is 6.32. The second-order valence-electron chi connectivity index (χ2n) is 5.33. The van der Waals surface area contributed by atoms with Crippen LogP contribution in [0.5, 0.6) is 11.5 Å². The lowest BCUT2D eigenvalue weighted by Gasteiger charge is -2.29. The van der Waals surface area contributed by atoms with Gasteiger partial charge in [-0.2, -0.15) is 0 Å². The molecule has 1 atom stereocenters. The average Bonchev–Trinajstić information content (AvgIpc) is 2.60. The minimum Gasteiger partial charge on any atom is -0.493 e. The molecule has 2 amide bonds. The number of carbonyl (C=O) groups is 2. The zero-order chi connectivity index (χ0) is 17.7. The molecule has 1 heterocycles. The summed E-state index contributed by atoms with van der Waals surface area (Å²) >= 11 is 6.10. The summed E-state index contributed by atoms with van der Waals surface area (Å²) < 4.78 is 15.5. The van der Waals surface area contributed by atoms with Gasteiger partial charge in [-0.25, -0.2) is 0 Å². The van der Waals surface area contributed by atoms with Gasteiger partial charge in [0.1, 0.15) is 6.04 Å². The summed E-state index contributed by atoms with van der Waals surface area (Å²) in [7, 11) is 2.92. The largest absolute Gasteiger partial charge is 0.493 e. The number of halogens is 1. The topological polar surface area (TPSA) is 77.1 Å². The van der Waals surface area contributed by atoms with Crippen LogP contribution in [-0.2, 0) is 9.53 Å². The van der Waals surface area contributed by atoms with Crippen molar-refractivity contribution >= 4 is 23.4 Å². The van der Waals surface area contributed by atoms with Gasteiger partial charge in [0.15, 0.2) is 11.5 Å². The standard InChI is InChI=1S/C16H21ClN2O5/c1-10(16(21)19-4-6-24-7-5-19)18-15(20)11-8-12(17)14(23-3)13(9-11)22-2/h8-10H,4-7H2,1-3H3,(H,18,20). The van der Waals surface area contributed by atoms with Crippen molar-refractivity contribution in [3.05, 3.63) is 22.7 Å². The molecule has 1 aliphatic heterocycles. The van der Waals surface area contributed by atoms with Crippen LogP contribution in [0.2, 0.25) is 5.02 Å². The molecule has 8 heteroatoms. The molecule has 0 radical (unpaired) electrons. The van der Waals surface area contributed by atoms with E-state index in [2.05, 4.69) is 5.32 Å². The van der Waals surface area contributed by atoms with Crippen LogP contribution in [0.25, 0.3) is 0 Å². The van der Waals surface area contributed by atoms with Crippen molar-refractivity contribution in [2.75, 3.05) is 40.5 Å². The van der Waals surface area contributed by atoms with Gasteiger partial charge in [-0.15, -0.1) is 0 Å². The van der Waals surface area contributed by atoms with Gasteiger partial charge in [-0.05, 0) is 19.1 Å². The number of nitrogens with one attached hydrogen (secondary N) is 1. The fourth-order valence-electron chi connectivity index (χ4n) is 2.45. The van der Waals surface area contributed by atoms with Crippen LogP contribution in [0.4, 0.5) is 0 Å². The predicted octanol–water partition coefficient (Wildman–Crippen LogP) is 1.33. The van der Waals surface area contributed by atoms with Gasteiger partial charge in [-0.3, -0.25) is 9.59 Å². The summed E-state index contributed by atoms with van der Waals surface area (Å²) in [5.41, 5.74) is 0.291. The molecular weight excluding hydrogens is 336 g/mol. The third-order valence-corrected chi connectivity index (χ3v) is 4.02. The first-order chi connectivity index (χ1) is 11.5. The highest BCUT2D eigenvalue weighted by Gasteiger charge is 2.24. The van der Waals surface area contributed by atoms with E-state index < -0.39 is 11.9 Å². The lowest BCUT2D eigenvalue weighted by molar-refractivity contribution is -0.136. The zero-order valence-corrected chi connectivity index (χ0v) is 14.7. The third-order valence-electron chi connectivity index (χ3n) is 3.74. The Balaban J connectivity index is 2.08. The molecule has 1 aromatic carbocycles. The first-order valence-corrected chi connectivity index (χ1v) is 7.94. The molecule has 132 valence electrons. The Kier molecular flexibility index (Phi) is 6.28. The fourth-order valence-corrected chi connectivity index (χ4v) is 2.74. The molecule has 0 bridgehead atoms. The van der Waals surface area contributed by atoms with Gasteiger partial charge < -0.3 is 24.4 Å². The summed E-state index contributed by atoms with van der Waals surface area (Å²) in [6, 6.07) is 2.35. The summed E-state index contributed by atoms with van der Waals surface area (Å²) in [6.07, 6.45) is 0. The molecular formula is C16H21ClN2O5. The summed E-state index contributed by atoms with van der Waals surface area (Å²) in [4.78, 5) is 26.4. The van der Waals surface area contributed by atoms with E-state index in [1.54, 1.807) is 11.8 Å². The molecule has 0 aliphatic carbocycles. The number of rotatable bonds is 5. The predicted molar refractivity (Wildman–Crippen MR) is 88.9 cm³/mol. The quantitative estimate of drug-likeness (QED) is 0.861. The van der Waals surface area contributed by atoms with Crippen LogP contribution in [0.15, 0.2) is 12.1 Å². The highest BCUT2D eigenvalue weighted by Crippen LogP contribution is 2.35. The van der Waals surface area contributed by atoms with Crippen LogP contribution in [0.3, 0.4) is 0 Å². The zero-order valence-electron chi connectivity index (χ0n) is 13.9. The Hall–Kier alpha value is -1.99. The molecule has 1 aliphatic rings. The minimum atomic E-state index is -0.650. The smallest absolute Gasteiger partial charge is 0.252 e. The van der Waals surface area contributed by atoms with E-state index in [1.165, 1.54) is 26.4 Å². The maximum Gasteiger partial charge on any atom is 0.252 e. The van der Waals surface area contributed by atoms with E-state index >= 15 is 0 Å². The highest BCUT2D eigenvalue weighted by atomic mass is 35.5. The van der Waals surface area contributed by atoms with Crippen molar-refractivity contribution in [3.8, 4) is 11.5 Å². The number of methoxy groups -OCH3 is 2. The van der Waals surface area contributed by atoms with E-state index in [0.29, 0.717) is 43.4 Å². The Morgan fingerprint density at radius 2 is 1.92 bits per heavy atom. The number of hydrogen-bond acceptors (Lipinski definition) is 5. The SMILES string of the molecule is COc1cc(C(=O)NC(C)C(=O)N2CCOCC2)cc(Cl)c1OC. The maximum atomic E-state index is 12.4. The van der Waals surface area contributed by atoms with Crippen molar-refractivity contribution in [2.45, 2.75) is 13.0 Å². The number of carbonyl (C=O) groups excluding carboxylic acids is 2. The van der Waals surface area contributed by atoms with Gasteiger partial charge in [-0.1, -0.05) is 11.6 Å². The molecule has 0 spiro atoms. The average molecular weight is 357 g/mol. The van der Waals surface area contributed by atoms with E-state index in [-0.39, 0.29) is 10.9 Å². The molecule has 1 saturated heterocycles. The molecule has 2 rings (SSSR count). The Labute approximate surface area is 145 Å². The van der Waals surface area contributed by atoms with Gasteiger partial charge in [0.2, 0.25) is 5.91 Å². The summed E-state index contributed by atoms with van der Waals surface area (Å²) in [6.45, 7) is 3.73. The normalized spacial score (nSPS) is 15.6. The van der Waals surface area contributed by atoms with Crippen molar-refractivity contribution in [1.82, 2.24) is 10.2 Å². The van der Waals surface area contributed by atoms with Crippen molar-refractivity contribution in [2.24, 2.45) is 0 Å². The second-order valence-corrected chi connectivity index (χ2v) is 5.73. The molecule has 1 unspecified atom stereocenters. The van der Waals surface area contributed by atoms with E-state index in [1.807, 2.05) is 0 Å². The Morgan fingerprint density at radius 3 is 2.50 bits per heavy atom. The van der Waals surface area contributed by atoms with Crippen molar-refractivity contribution in [1.29, 1.82) is 0 Å². The van der Waals surface area contributed by atoms with Gasteiger partial charge in [0, 0.05) is 18.7 Å². The van der Waals surface area contributed by atoms with Crippen LogP contribution < -0.4 is 14.8 Å². The molecule has 24 heavy (non-hydrogen) atoms. The number of amides is 2. The molecule has 0 aromatic heterocycles. The first-order valence-electron chi connectivity index (χ1n) is 7.56. The third kappa shape index (κ3) is 4.10.